The van der Waals surface area contributed by atoms with Gasteiger partial charge in [0.25, 0.3) is 11.8 Å². The molecule has 342 valence electrons. The van der Waals surface area contributed by atoms with Gasteiger partial charge >= 0.3 is 0 Å². The Hall–Kier alpha value is -6.68. The van der Waals surface area contributed by atoms with Crippen molar-refractivity contribution in [3.05, 3.63) is 101 Å². The number of likely N-dealkylation sites (N-methyl/N-ethyl adjacent to an activating group) is 1. The second kappa shape index (κ2) is 21.3. The lowest BCUT2D eigenvalue weighted by Gasteiger charge is -2.44. The number of piperazine rings is 1. The first-order chi connectivity index (χ1) is 31.6. The number of carbonyl (C=O) groups excluding carboxylic acids is 5. The van der Waals surface area contributed by atoms with Crippen molar-refractivity contribution in [3.8, 4) is 0 Å². The number of nitrogens with zero attached hydrogens (tertiary/aromatic N) is 9. The van der Waals surface area contributed by atoms with E-state index in [1.807, 2.05) is 12.1 Å². The number of benzene rings is 2. The maximum atomic E-state index is 13.7. The highest BCUT2D eigenvalue weighted by Crippen LogP contribution is 2.37. The van der Waals surface area contributed by atoms with Gasteiger partial charge in [0, 0.05) is 101 Å². The van der Waals surface area contributed by atoms with Crippen LogP contribution in [-0.2, 0) is 20.8 Å². The average Bonchev–Trinajstić information content (AvgIpc) is 3.88. The Morgan fingerprint density at radius 2 is 1.74 bits per heavy atom. The standard InChI is InChI=1S/C49H61N11O5/c1-6-23-59-49(65)41(30-50-3)47(60(59)44-19-13-35-12-11-34(7-2)46(35)54-44)53-33-52-36-14-16-37(17-15-36)56-24-21-38(22-25-56)57-26-28-58(29-27-57)43-10-8-9-40(42(43)32-62)48(64)55(5)39(31-61)18-20-45(63)51-4/h6,8-10,13-17,19,30-32,34,38-39,52H,1,3,7,11-12,18,20-29,33H2,2,4-5H3,(H,51,63)/b41-30+,53-47+. The number of amidine groups is 1. The number of hydrogen-bond acceptors (Lipinski definition) is 12. The van der Waals surface area contributed by atoms with Gasteiger partial charge in [-0.25, -0.2) is 20.0 Å². The van der Waals surface area contributed by atoms with E-state index in [0.717, 1.165) is 81.6 Å². The van der Waals surface area contributed by atoms with E-state index in [1.54, 1.807) is 28.2 Å². The molecule has 3 fully saturated rings. The molecule has 1 aliphatic carbocycles. The third-order valence-electron chi connectivity index (χ3n) is 13.3. The van der Waals surface area contributed by atoms with Gasteiger partial charge in [0.2, 0.25) is 5.91 Å². The number of amides is 3. The summed E-state index contributed by atoms with van der Waals surface area (Å²) in [4.78, 5) is 85.7. The highest BCUT2D eigenvalue weighted by molar-refractivity contribution is 6.31. The quantitative estimate of drug-likeness (QED) is 0.0757. The average molecular weight is 884 g/mol. The normalized spacial score (nSPS) is 19.6. The second-order valence-electron chi connectivity index (χ2n) is 16.9. The minimum Gasteiger partial charge on any atom is -0.371 e. The van der Waals surface area contributed by atoms with Gasteiger partial charge in [0.05, 0.1) is 23.7 Å². The third-order valence-corrected chi connectivity index (χ3v) is 13.3. The van der Waals surface area contributed by atoms with Crippen molar-refractivity contribution in [2.24, 2.45) is 9.98 Å². The lowest BCUT2D eigenvalue weighted by Crippen LogP contribution is -2.53. The van der Waals surface area contributed by atoms with Crippen molar-refractivity contribution in [2.75, 3.05) is 86.7 Å². The number of aliphatic imine (C=N–C) groups is 2. The van der Waals surface area contributed by atoms with Crippen molar-refractivity contribution in [1.82, 2.24) is 25.1 Å². The molecule has 3 saturated heterocycles. The molecule has 16 nitrogen and oxygen atoms in total. The minimum atomic E-state index is -0.792. The molecule has 2 atom stereocenters. The summed E-state index contributed by atoms with van der Waals surface area (Å²) in [5.74, 6) is 0.599. The zero-order chi connectivity index (χ0) is 46.0. The summed E-state index contributed by atoms with van der Waals surface area (Å²) in [5, 5.41) is 9.31. The molecule has 3 aromatic rings. The SMILES string of the molecule is C=CCN1C(=O)C(=C/N=C)/C(=N\CNc2ccc(N3CCC(N4CCN(c5cccc(C(=O)N(C)C(C=O)CCC(=O)NC)c5C=O)CC4)CC3)cc2)N1c1ccc2c(n1)C(CC)CC2. The molecule has 2 N–H and O–H groups in total. The van der Waals surface area contributed by atoms with Crippen LogP contribution in [0, 0.1) is 0 Å². The van der Waals surface area contributed by atoms with Crippen LogP contribution in [0.25, 0.3) is 0 Å². The van der Waals surface area contributed by atoms with Crippen LogP contribution in [-0.4, -0.2) is 141 Å². The van der Waals surface area contributed by atoms with Gasteiger partial charge < -0.3 is 30.1 Å². The number of piperidine rings is 1. The van der Waals surface area contributed by atoms with Crippen LogP contribution >= 0.6 is 0 Å². The van der Waals surface area contributed by atoms with Gasteiger partial charge in [-0.3, -0.25) is 29.1 Å². The molecule has 3 amide bonds. The third kappa shape index (κ3) is 10.0. The smallest absolute Gasteiger partial charge is 0.278 e. The zero-order valence-electron chi connectivity index (χ0n) is 37.8. The molecule has 0 radical (unpaired) electrons. The first kappa shape index (κ1) is 46.3. The number of aromatic nitrogens is 1. The van der Waals surface area contributed by atoms with E-state index < -0.39 is 11.9 Å². The molecule has 0 bridgehead atoms. The molecule has 0 spiro atoms. The van der Waals surface area contributed by atoms with Crippen LogP contribution in [0.3, 0.4) is 0 Å². The number of hydrazine groups is 1. The first-order valence-corrected chi connectivity index (χ1v) is 22.7. The number of nitrogens with one attached hydrogen (secondary N) is 2. The van der Waals surface area contributed by atoms with E-state index in [9.17, 15) is 24.0 Å². The zero-order valence-corrected chi connectivity index (χ0v) is 37.8. The van der Waals surface area contributed by atoms with Crippen LogP contribution in [0.4, 0.5) is 22.9 Å². The molecule has 7 rings (SSSR count). The number of aryl methyl sites for hydroxylation is 1. The summed E-state index contributed by atoms with van der Waals surface area (Å²) in [6.45, 7) is 15.1. The van der Waals surface area contributed by atoms with Crippen molar-refractivity contribution >= 4 is 65.7 Å². The highest BCUT2D eigenvalue weighted by Gasteiger charge is 2.41. The molecule has 2 unspecified atom stereocenters. The fourth-order valence-corrected chi connectivity index (χ4v) is 9.52. The van der Waals surface area contributed by atoms with E-state index in [0.29, 0.717) is 59.8 Å². The molecule has 3 aliphatic heterocycles. The monoisotopic (exact) mass is 883 g/mol. The summed E-state index contributed by atoms with van der Waals surface area (Å²) in [7, 11) is 3.05. The maximum absolute atomic E-state index is 13.7. The number of aldehydes is 2. The van der Waals surface area contributed by atoms with Gasteiger partial charge in [-0.05, 0) is 93.3 Å². The van der Waals surface area contributed by atoms with Crippen molar-refractivity contribution in [3.63, 3.8) is 0 Å². The predicted molar refractivity (Wildman–Crippen MR) is 256 cm³/mol. The molecule has 2 aromatic carbocycles. The largest absolute Gasteiger partial charge is 0.371 e. The summed E-state index contributed by atoms with van der Waals surface area (Å²) in [5.41, 5.74) is 6.01. The number of fused-ring (bicyclic) bond motifs is 1. The predicted octanol–water partition coefficient (Wildman–Crippen LogP) is 5.09. The summed E-state index contributed by atoms with van der Waals surface area (Å²) < 4.78 is 0. The summed E-state index contributed by atoms with van der Waals surface area (Å²) in [6.07, 6.45) is 9.99. The van der Waals surface area contributed by atoms with E-state index in [1.165, 1.54) is 30.8 Å². The number of anilines is 4. The molecular formula is C49H61N11O5. The van der Waals surface area contributed by atoms with Gasteiger partial charge in [0.1, 0.15) is 18.5 Å². The van der Waals surface area contributed by atoms with Crippen LogP contribution in [0.2, 0.25) is 0 Å². The summed E-state index contributed by atoms with van der Waals surface area (Å²) >= 11 is 0. The molecule has 16 heteroatoms. The van der Waals surface area contributed by atoms with Gasteiger partial charge in [0.15, 0.2) is 17.9 Å². The van der Waals surface area contributed by atoms with Gasteiger partial charge in [-0.15, -0.1) is 6.58 Å². The van der Waals surface area contributed by atoms with Crippen molar-refractivity contribution in [2.45, 2.75) is 69.9 Å². The van der Waals surface area contributed by atoms with Crippen molar-refractivity contribution < 1.29 is 24.0 Å². The number of hydrogen-bond donors (Lipinski definition) is 2. The Morgan fingerprint density at radius 3 is 2.40 bits per heavy atom. The van der Waals surface area contributed by atoms with E-state index in [2.05, 4.69) is 80.9 Å². The molecule has 4 heterocycles. The first-order valence-electron chi connectivity index (χ1n) is 22.7. The molecule has 0 saturated carbocycles. The Kier molecular flexibility index (Phi) is 15.2. The fraction of sp³-hybridized carbons (Fsp3) is 0.429. The maximum Gasteiger partial charge on any atom is 0.278 e. The Bertz CT molecular complexity index is 2310. The van der Waals surface area contributed by atoms with Crippen LogP contribution in [0.15, 0.2) is 89.0 Å². The lowest BCUT2D eigenvalue weighted by molar-refractivity contribution is -0.125. The van der Waals surface area contributed by atoms with E-state index in [-0.39, 0.29) is 43.4 Å². The number of carbonyl (C=O) groups is 5. The van der Waals surface area contributed by atoms with Crippen LogP contribution in [0.5, 0.6) is 0 Å². The number of pyridine rings is 1. The van der Waals surface area contributed by atoms with Gasteiger partial charge in [-0.1, -0.05) is 25.1 Å². The number of rotatable bonds is 18. The second-order valence-corrected chi connectivity index (χ2v) is 16.9. The molecule has 1 aromatic heterocycles. The topological polar surface area (TPSA) is 166 Å². The Morgan fingerprint density at radius 1 is 0.985 bits per heavy atom. The molecule has 65 heavy (non-hydrogen) atoms. The van der Waals surface area contributed by atoms with Crippen LogP contribution < -0.4 is 25.4 Å². The molecular weight excluding hydrogens is 823 g/mol. The Labute approximate surface area is 381 Å². The summed E-state index contributed by atoms with van der Waals surface area (Å²) in [6, 6.07) is 17.4. The van der Waals surface area contributed by atoms with E-state index in [4.69, 9.17) is 9.98 Å². The van der Waals surface area contributed by atoms with Gasteiger partial charge in [-0.2, -0.15) is 0 Å². The molecule has 4 aliphatic rings. The minimum absolute atomic E-state index is 0.107. The lowest BCUT2D eigenvalue weighted by atomic mass is 10.00. The van der Waals surface area contributed by atoms with E-state index >= 15 is 0 Å². The Balaban J connectivity index is 0.932. The fourth-order valence-electron chi connectivity index (χ4n) is 9.52. The van der Waals surface area contributed by atoms with Crippen LogP contribution in [0.1, 0.15) is 83.3 Å². The highest BCUT2D eigenvalue weighted by atomic mass is 16.2. The van der Waals surface area contributed by atoms with Crippen molar-refractivity contribution in [1.29, 1.82) is 0 Å².